The van der Waals surface area contributed by atoms with Crippen molar-refractivity contribution in [2.24, 2.45) is 7.05 Å². The van der Waals surface area contributed by atoms with Gasteiger partial charge in [0, 0.05) is 13.1 Å². The van der Waals surface area contributed by atoms with Crippen molar-refractivity contribution in [1.82, 2.24) is 19.6 Å². The van der Waals surface area contributed by atoms with E-state index in [2.05, 4.69) is 21.5 Å². The molecule has 11 heteroatoms. The van der Waals surface area contributed by atoms with Crippen molar-refractivity contribution in [3.05, 3.63) is 29.4 Å². The van der Waals surface area contributed by atoms with Gasteiger partial charge >= 0.3 is 12.6 Å². The Morgan fingerprint density at radius 3 is 2.83 bits per heavy atom. The fraction of sp³-hybridized carbons (Fsp3) is 0.167. The summed E-state index contributed by atoms with van der Waals surface area (Å²) in [6, 6.07) is 1.76. The minimum atomic E-state index is -3.11. The second-order valence-corrected chi connectivity index (χ2v) is 4.34. The van der Waals surface area contributed by atoms with E-state index in [0.717, 1.165) is 21.6 Å². The van der Waals surface area contributed by atoms with Gasteiger partial charge in [-0.2, -0.15) is 23.8 Å². The Kier molecular flexibility index (Phi) is 4.61. The lowest BCUT2D eigenvalue weighted by Crippen LogP contribution is -2.10. The molecule has 120 valence electrons. The van der Waals surface area contributed by atoms with Crippen LogP contribution in [0.4, 0.5) is 8.78 Å². The summed E-state index contributed by atoms with van der Waals surface area (Å²) in [5, 5.41) is 16.4. The van der Waals surface area contributed by atoms with Crippen molar-refractivity contribution in [3.63, 3.8) is 0 Å². The summed E-state index contributed by atoms with van der Waals surface area (Å²) in [5.74, 6) is -1.69. The number of nitrogens with zero attached hydrogens (tertiary/aromatic N) is 5. The first kappa shape index (κ1) is 16.4. The van der Waals surface area contributed by atoms with E-state index in [1.807, 2.05) is 0 Å². The average molecular weight is 344 g/mol. The van der Waals surface area contributed by atoms with Gasteiger partial charge in [0.1, 0.15) is 16.7 Å². The second-order valence-electron chi connectivity index (χ2n) is 3.96. The van der Waals surface area contributed by atoms with Gasteiger partial charge in [0.25, 0.3) is 0 Å². The zero-order valence-electron chi connectivity index (χ0n) is 11.5. The number of hydrogen-bond donors (Lipinski definition) is 0. The van der Waals surface area contributed by atoms with Crippen LogP contribution in [-0.4, -0.2) is 32.1 Å². The minimum Gasteiger partial charge on any atom is -0.415 e. The maximum absolute atomic E-state index is 12.4. The molecular formula is C12H8ClF2N5O3. The van der Waals surface area contributed by atoms with Crippen molar-refractivity contribution in [1.29, 1.82) is 5.26 Å². The topological polar surface area (TPSA) is 95.0 Å². The van der Waals surface area contributed by atoms with Crippen molar-refractivity contribution in [3.8, 4) is 23.6 Å². The molecule has 0 amide bonds. The third kappa shape index (κ3) is 3.14. The monoisotopic (exact) mass is 343 g/mol. The SMILES string of the molecule is C=CC(=O)Oc1c(C#N)cnn1-c1nn(C)c(OC(F)F)c1Cl. The third-order valence-electron chi connectivity index (χ3n) is 2.53. The third-order valence-corrected chi connectivity index (χ3v) is 2.86. The molecule has 0 aliphatic rings. The quantitative estimate of drug-likeness (QED) is 0.607. The summed E-state index contributed by atoms with van der Waals surface area (Å²) in [5.41, 5.74) is -0.0850. The molecule has 2 heterocycles. The van der Waals surface area contributed by atoms with E-state index in [1.54, 1.807) is 6.07 Å². The standard InChI is InChI=1S/C12H8ClF2N5O3/c1-3-7(21)22-10-6(4-16)5-17-20(10)9-8(13)11(19(2)18-9)23-12(14)15/h3,5,12H,1H2,2H3. The number of carbonyl (C=O) groups is 1. The molecule has 0 atom stereocenters. The van der Waals surface area contributed by atoms with E-state index in [-0.39, 0.29) is 22.3 Å². The fourth-order valence-electron chi connectivity index (χ4n) is 1.62. The molecule has 0 N–H and O–H groups in total. The van der Waals surface area contributed by atoms with Crippen LogP contribution in [0.15, 0.2) is 18.9 Å². The predicted octanol–water partition coefficient (Wildman–Crippen LogP) is 1.82. The van der Waals surface area contributed by atoms with Crippen LogP contribution >= 0.6 is 11.6 Å². The Balaban J connectivity index is 2.55. The van der Waals surface area contributed by atoms with Crippen LogP contribution in [0.3, 0.4) is 0 Å². The molecular weight excluding hydrogens is 336 g/mol. The molecule has 23 heavy (non-hydrogen) atoms. The largest absolute Gasteiger partial charge is 0.415 e. The van der Waals surface area contributed by atoms with Crippen LogP contribution in [0.5, 0.6) is 11.8 Å². The molecule has 0 bridgehead atoms. The van der Waals surface area contributed by atoms with Gasteiger partial charge in [0.2, 0.25) is 17.6 Å². The highest BCUT2D eigenvalue weighted by Crippen LogP contribution is 2.33. The first-order chi connectivity index (χ1) is 10.9. The van der Waals surface area contributed by atoms with E-state index in [0.29, 0.717) is 0 Å². The van der Waals surface area contributed by atoms with Crippen LogP contribution in [-0.2, 0) is 11.8 Å². The number of esters is 1. The molecule has 0 aliphatic heterocycles. The molecule has 0 spiro atoms. The number of aromatic nitrogens is 4. The molecule has 0 radical (unpaired) electrons. The van der Waals surface area contributed by atoms with Crippen LogP contribution in [0.2, 0.25) is 5.02 Å². The Morgan fingerprint density at radius 2 is 2.26 bits per heavy atom. The second kappa shape index (κ2) is 6.45. The summed E-state index contributed by atoms with van der Waals surface area (Å²) in [6.07, 6.45) is 1.98. The summed E-state index contributed by atoms with van der Waals surface area (Å²) >= 11 is 5.96. The normalized spacial score (nSPS) is 10.4. The number of halogens is 3. The Morgan fingerprint density at radius 1 is 1.57 bits per heavy atom. The minimum absolute atomic E-state index is 0.0850. The summed E-state index contributed by atoms with van der Waals surface area (Å²) in [4.78, 5) is 11.4. The van der Waals surface area contributed by atoms with Crippen LogP contribution < -0.4 is 9.47 Å². The molecule has 0 saturated heterocycles. The van der Waals surface area contributed by atoms with Gasteiger partial charge in [0.05, 0.1) is 6.20 Å². The molecule has 2 aromatic heterocycles. The van der Waals surface area contributed by atoms with Crippen LogP contribution in [0.1, 0.15) is 5.56 Å². The summed E-state index contributed by atoms with van der Waals surface area (Å²) < 4.78 is 35.8. The zero-order valence-corrected chi connectivity index (χ0v) is 12.3. The van der Waals surface area contributed by atoms with Crippen molar-refractivity contribution >= 4 is 17.6 Å². The molecule has 0 aromatic carbocycles. The summed E-state index contributed by atoms with van der Waals surface area (Å²) in [6.45, 7) is 0.121. The number of carbonyl (C=O) groups excluding carboxylic acids is 1. The van der Waals surface area contributed by atoms with Crippen molar-refractivity contribution in [2.45, 2.75) is 6.61 Å². The first-order valence-electron chi connectivity index (χ1n) is 5.89. The number of ether oxygens (including phenoxy) is 2. The van der Waals surface area contributed by atoms with E-state index >= 15 is 0 Å². The van der Waals surface area contributed by atoms with E-state index in [1.165, 1.54) is 7.05 Å². The number of rotatable bonds is 5. The molecule has 0 aliphatic carbocycles. The summed E-state index contributed by atoms with van der Waals surface area (Å²) in [7, 11) is 1.32. The molecule has 2 aromatic rings. The molecule has 2 rings (SSSR count). The van der Waals surface area contributed by atoms with Crippen molar-refractivity contribution < 1.29 is 23.0 Å². The van der Waals surface area contributed by atoms with Crippen molar-refractivity contribution in [2.75, 3.05) is 0 Å². The van der Waals surface area contributed by atoms with E-state index < -0.39 is 18.5 Å². The highest BCUT2D eigenvalue weighted by atomic mass is 35.5. The molecule has 0 fully saturated rings. The first-order valence-corrected chi connectivity index (χ1v) is 6.26. The van der Waals surface area contributed by atoms with Gasteiger partial charge in [-0.3, -0.25) is 0 Å². The lowest BCUT2D eigenvalue weighted by Gasteiger charge is -2.05. The maximum atomic E-state index is 12.4. The lowest BCUT2D eigenvalue weighted by molar-refractivity contribution is -0.129. The molecule has 0 saturated carbocycles. The molecule has 8 nitrogen and oxygen atoms in total. The van der Waals surface area contributed by atoms with Gasteiger partial charge in [-0.1, -0.05) is 18.2 Å². The Hall–Kier alpha value is -2.93. The van der Waals surface area contributed by atoms with Gasteiger partial charge in [0.15, 0.2) is 0 Å². The van der Waals surface area contributed by atoms with Gasteiger partial charge in [-0.25, -0.2) is 9.48 Å². The molecule has 0 unspecified atom stereocenters. The van der Waals surface area contributed by atoms with Gasteiger partial charge in [-0.05, 0) is 0 Å². The van der Waals surface area contributed by atoms with Crippen LogP contribution in [0.25, 0.3) is 5.82 Å². The Bertz CT molecular complexity index is 808. The smallest absolute Gasteiger partial charge is 0.388 e. The number of alkyl halides is 2. The van der Waals surface area contributed by atoms with Gasteiger partial charge in [-0.15, -0.1) is 5.10 Å². The number of hydrogen-bond acceptors (Lipinski definition) is 6. The highest BCUT2D eigenvalue weighted by molar-refractivity contribution is 6.33. The van der Waals surface area contributed by atoms with Crippen LogP contribution in [0, 0.1) is 11.3 Å². The van der Waals surface area contributed by atoms with Gasteiger partial charge < -0.3 is 9.47 Å². The van der Waals surface area contributed by atoms with E-state index in [9.17, 15) is 13.6 Å². The Labute approximate surface area is 133 Å². The number of nitriles is 1. The zero-order chi connectivity index (χ0) is 17.1. The fourth-order valence-corrected chi connectivity index (χ4v) is 1.90. The van der Waals surface area contributed by atoms with E-state index in [4.69, 9.17) is 21.6 Å². The number of aryl methyl sites for hydroxylation is 1. The predicted molar refractivity (Wildman–Crippen MR) is 72.5 cm³/mol. The average Bonchev–Trinajstić information content (AvgIpc) is 3.02. The highest BCUT2D eigenvalue weighted by Gasteiger charge is 2.25. The maximum Gasteiger partial charge on any atom is 0.388 e. The lowest BCUT2D eigenvalue weighted by atomic mass is 10.4.